The molecule has 1 saturated heterocycles. The fraction of sp³-hybridized carbons (Fsp3) is 0.600. The first-order valence-electron chi connectivity index (χ1n) is 6.72. The van der Waals surface area contributed by atoms with Crippen molar-refractivity contribution in [2.45, 2.75) is 43.1 Å². The molecule has 4 atom stereocenters. The molecule has 0 spiro atoms. The third-order valence-corrected chi connectivity index (χ3v) is 5.59. The Kier molecular flexibility index (Phi) is 3.27. The topological polar surface area (TPSA) is 3.24 Å². The van der Waals surface area contributed by atoms with Crippen LogP contribution in [0.4, 0.5) is 0 Å². The van der Waals surface area contributed by atoms with E-state index >= 15 is 0 Å². The zero-order valence-corrected chi connectivity index (χ0v) is 11.9. The maximum atomic E-state index is 3.88. The molecular weight excluding hydrogens is 274 g/mol. The normalized spacial score (nSPS) is 34.8. The molecule has 1 aliphatic carbocycles. The molecule has 0 unspecified atom stereocenters. The molecule has 17 heavy (non-hydrogen) atoms. The van der Waals surface area contributed by atoms with Crippen LogP contribution in [0.3, 0.4) is 0 Å². The summed E-state index contributed by atoms with van der Waals surface area (Å²) >= 11 is 3.88. The molecule has 1 aliphatic heterocycles. The first-order chi connectivity index (χ1) is 8.27. The van der Waals surface area contributed by atoms with Crippen LogP contribution in [0.2, 0.25) is 0 Å². The highest BCUT2D eigenvalue weighted by atomic mass is 79.9. The number of hydrogen-bond donors (Lipinski definition) is 0. The number of rotatable bonds is 2. The molecule has 0 amide bonds. The predicted molar refractivity (Wildman–Crippen MR) is 75.4 cm³/mol. The molecule has 1 aromatic carbocycles. The predicted octanol–water partition coefficient (Wildman–Crippen LogP) is 4.00. The maximum absolute atomic E-state index is 3.88. The van der Waals surface area contributed by atoms with E-state index in [0.717, 1.165) is 12.0 Å². The molecule has 2 heteroatoms. The van der Waals surface area contributed by atoms with Gasteiger partial charge in [0.25, 0.3) is 0 Å². The molecule has 2 aliphatic rings. The SMILES string of the molecule is C[C@H](c1ccccc1)N1CC[C@@H]2CC[C@@H](Br)[C@@H]21. The van der Waals surface area contributed by atoms with Crippen molar-refractivity contribution in [3.63, 3.8) is 0 Å². The van der Waals surface area contributed by atoms with Crippen molar-refractivity contribution < 1.29 is 0 Å². The van der Waals surface area contributed by atoms with Gasteiger partial charge in [0.15, 0.2) is 0 Å². The van der Waals surface area contributed by atoms with Crippen molar-refractivity contribution in [1.29, 1.82) is 0 Å². The Morgan fingerprint density at radius 1 is 1.18 bits per heavy atom. The minimum absolute atomic E-state index is 0.560. The molecule has 1 saturated carbocycles. The summed E-state index contributed by atoms with van der Waals surface area (Å²) < 4.78 is 0. The Morgan fingerprint density at radius 3 is 2.71 bits per heavy atom. The van der Waals surface area contributed by atoms with Gasteiger partial charge in [-0.1, -0.05) is 46.3 Å². The van der Waals surface area contributed by atoms with Crippen molar-refractivity contribution in [1.82, 2.24) is 4.90 Å². The zero-order chi connectivity index (χ0) is 11.8. The lowest BCUT2D eigenvalue weighted by molar-refractivity contribution is 0.188. The first kappa shape index (κ1) is 11.7. The summed E-state index contributed by atoms with van der Waals surface area (Å²) in [6, 6.07) is 12.3. The van der Waals surface area contributed by atoms with Gasteiger partial charge in [0.2, 0.25) is 0 Å². The highest BCUT2D eigenvalue weighted by Gasteiger charge is 2.44. The number of nitrogens with zero attached hydrogens (tertiary/aromatic N) is 1. The van der Waals surface area contributed by atoms with Crippen LogP contribution in [0, 0.1) is 5.92 Å². The Hall–Kier alpha value is -0.340. The van der Waals surface area contributed by atoms with E-state index in [2.05, 4.69) is 58.1 Å². The Labute approximate surface area is 112 Å². The standard InChI is InChI=1S/C15H20BrN/c1-11(12-5-3-2-4-6-12)17-10-9-13-7-8-14(16)15(13)17/h2-6,11,13-15H,7-10H2,1H3/t11-,13+,14-,15-/m1/s1. The second kappa shape index (κ2) is 4.74. The van der Waals surface area contributed by atoms with Crippen molar-refractivity contribution >= 4 is 15.9 Å². The summed E-state index contributed by atoms with van der Waals surface area (Å²) in [6.07, 6.45) is 4.16. The third-order valence-electron chi connectivity index (χ3n) is 4.59. The quantitative estimate of drug-likeness (QED) is 0.745. The summed E-state index contributed by atoms with van der Waals surface area (Å²) in [6.45, 7) is 3.63. The largest absolute Gasteiger partial charge is 0.292 e. The first-order valence-corrected chi connectivity index (χ1v) is 7.63. The molecule has 0 bridgehead atoms. The van der Waals surface area contributed by atoms with Crippen LogP contribution in [-0.2, 0) is 0 Å². The smallest absolute Gasteiger partial charge is 0.0323 e. The average molecular weight is 294 g/mol. The van der Waals surface area contributed by atoms with Crippen molar-refractivity contribution in [3.8, 4) is 0 Å². The van der Waals surface area contributed by atoms with E-state index in [1.165, 1.54) is 31.4 Å². The van der Waals surface area contributed by atoms with Crippen LogP contribution in [-0.4, -0.2) is 22.3 Å². The van der Waals surface area contributed by atoms with Gasteiger partial charge < -0.3 is 0 Å². The van der Waals surface area contributed by atoms with Gasteiger partial charge in [0, 0.05) is 16.9 Å². The monoisotopic (exact) mass is 293 g/mol. The molecular formula is C15H20BrN. The highest BCUT2D eigenvalue weighted by molar-refractivity contribution is 9.09. The summed E-state index contributed by atoms with van der Waals surface area (Å²) in [7, 11) is 0. The minimum atomic E-state index is 0.560. The third kappa shape index (κ3) is 2.06. The van der Waals surface area contributed by atoms with Crippen LogP contribution in [0.25, 0.3) is 0 Å². The highest BCUT2D eigenvalue weighted by Crippen LogP contribution is 2.44. The van der Waals surface area contributed by atoms with E-state index in [4.69, 9.17) is 0 Å². The second-order valence-corrected chi connectivity index (χ2v) is 6.63. The summed E-state index contributed by atoms with van der Waals surface area (Å²) in [5.74, 6) is 0.936. The fourth-order valence-electron chi connectivity index (χ4n) is 3.64. The van der Waals surface area contributed by atoms with Crippen LogP contribution < -0.4 is 0 Å². The van der Waals surface area contributed by atoms with Gasteiger partial charge in [-0.15, -0.1) is 0 Å². The number of halogens is 1. The molecule has 0 radical (unpaired) electrons. The van der Waals surface area contributed by atoms with E-state index < -0.39 is 0 Å². The van der Waals surface area contributed by atoms with E-state index in [1.807, 2.05) is 0 Å². The second-order valence-electron chi connectivity index (χ2n) is 5.46. The van der Waals surface area contributed by atoms with Crippen LogP contribution in [0.15, 0.2) is 30.3 Å². The van der Waals surface area contributed by atoms with Gasteiger partial charge in [-0.2, -0.15) is 0 Å². The van der Waals surface area contributed by atoms with Gasteiger partial charge in [0.1, 0.15) is 0 Å². The van der Waals surface area contributed by atoms with E-state index in [0.29, 0.717) is 10.9 Å². The molecule has 1 aromatic rings. The lowest BCUT2D eigenvalue weighted by Gasteiger charge is -2.32. The molecule has 3 rings (SSSR count). The average Bonchev–Trinajstić information content (AvgIpc) is 2.93. The van der Waals surface area contributed by atoms with E-state index in [1.54, 1.807) is 0 Å². The lowest BCUT2D eigenvalue weighted by Crippen LogP contribution is -2.37. The van der Waals surface area contributed by atoms with E-state index in [9.17, 15) is 0 Å². The zero-order valence-electron chi connectivity index (χ0n) is 10.3. The minimum Gasteiger partial charge on any atom is -0.292 e. The van der Waals surface area contributed by atoms with Gasteiger partial charge in [0.05, 0.1) is 0 Å². The van der Waals surface area contributed by atoms with Crippen LogP contribution in [0.1, 0.15) is 37.8 Å². The fourth-order valence-corrected chi connectivity index (χ4v) is 4.64. The Balaban J connectivity index is 1.81. The molecule has 92 valence electrons. The molecule has 0 aromatic heterocycles. The molecule has 2 fully saturated rings. The van der Waals surface area contributed by atoms with Crippen molar-refractivity contribution in [2.24, 2.45) is 5.92 Å². The summed E-state index contributed by atoms with van der Waals surface area (Å²) in [4.78, 5) is 3.42. The number of likely N-dealkylation sites (tertiary alicyclic amines) is 1. The number of alkyl halides is 1. The Morgan fingerprint density at radius 2 is 1.94 bits per heavy atom. The molecule has 1 nitrogen and oxygen atoms in total. The summed E-state index contributed by atoms with van der Waals surface area (Å²) in [5, 5.41) is 0. The number of fused-ring (bicyclic) bond motifs is 1. The summed E-state index contributed by atoms with van der Waals surface area (Å²) in [5.41, 5.74) is 1.46. The Bertz CT molecular complexity index is 378. The molecule has 1 heterocycles. The van der Waals surface area contributed by atoms with E-state index in [-0.39, 0.29) is 0 Å². The number of hydrogen-bond acceptors (Lipinski definition) is 1. The van der Waals surface area contributed by atoms with Crippen molar-refractivity contribution in [3.05, 3.63) is 35.9 Å². The van der Waals surface area contributed by atoms with Crippen molar-refractivity contribution in [2.75, 3.05) is 6.54 Å². The van der Waals surface area contributed by atoms with Gasteiger partial charge >= 0.3 is 0 Å². The van der Waals surface area contributed by atoms with Gasteiger partial charge in [-0.25, -0.2) is 0 Å². The van der Waals surface area contributed by atoms with Gasteiger partial charge in [-0.05, 0) is 44.2 Å². The maximum Gasteiger partial charge on any atom is 0.0323 e. The van der Waals surface area contributed by atoms with Crippen LogP contribution >= 0.6 is 15.9 Å². The van der Waals surface area contributed by atoms with Gasteiger partial charge in [-0.3, -0.25) is 4.90 Å². The molecule has 0 N–H and O–H groups in total. The van der Waals surface area contributed by atoms with Crippen LogP contribution in [0.5, 0.6) is 0 Å². The lowest BCUT2D eigenvalue weighted by atomic mass is 10.0. The number of benzene rings is 1.